The molecule has 1 aromatic heterocycles. The van der Waals surface area contributed by atoms with Crippen LogP contribution in [0, 0.1) is 13.8 Å². The van der Waals surface area contributed by atoms with Gasteiger partial charge in [0, 0.05) is 35.7 Å². The molecule has 0 saturated heterocycles. The van der Waals surface area contributed by atoms with Crippen molar-refractivity contribution in [1.29, 1.82) is 0 Å². The van der Waals surface area contributed by atoms with Gasteiger partial charge in [-0.15, -0.1) is 0 Å². The Balaban J connectivity index is 1.64. The molecule has 3 aromatic rings. The first-order valence-electron chi connectivity index (χ1n) is 10.9. The van der Waals surface area contributed by atoms with E-state index in [1.54, 1.807) is 37.7 Å². The fraction of sp³-hybridized carbons (Fsp3) is 0.333. The van der Waals surface area contributed by atoms with Gasteiger partial charge in [0.1, 0.15) is 5.82 Å². The van der Waals surface area contributed by atoms with Gasteiger partial charge >= 0.3 is 0 Å². The van der Waals surface area contributed by atoms with Gasteiger partial charge in [0.25, 0.3) is 5.91 Å². The third-order valence-corrected chi connectivity index (χ3v) is 8.86. The van der Waals surface area contributed by atoms with Crippen LogP contribution in [0.4, 0.5) is 5.82 Å². The largest absolute Gasteiger partial charge is 0.306 e. The number of carbonyl (C=O) groups excluding carboxylic acids is 1. The Labute approximate surface area is 199 Å². The highest BCUT2D eigenvalue weighted by Gasteiger charge is 2.26. The van der Waals surface area contributed by atoms with Crippen LogP contribution in [0.15, 0.2) is 47.4 Å². The lowest BCUT2D eigenvalue weighted by Gasteiger charge is -2.18. The Morgan fingerprint density at radius 2 is 1.79 bits per heavy atom. The van der Waals surface area contributed by atoms with Gasteiger partial charge in [0.15, 0.2) is 0 Å². The van der Waals surface area contributed by atoms with Gasteiger partial charge in [-0.3, -0.25) is 4.79 Å². The van der Waals surface area contributed by atoms with Gasteiger partial charge in [0.05, 0.1) is 16.3 Å². The summed E-state index contributed by atoms with van der Waals surface area (Å²) in [7, 11) is -3.57. The zero-order valence-corrected chi connectivity index (χ0v) is 20.9. The molecule has 1 aliphatic heterocycles. The lowest BCUT2D eigenvalue weighted by molar-refractivity contribution is 0.102. The number of anilines is 1. The molecule has 33 heavy (non-hydrogen) atoms. The van der Waals surface area contributed by atoms with Crippen molar-refractivity contribution in [2.24, 2.45) is 0 Å². The van der Waals surface area contributed by atoms with Gasteiger partial charge in [0.2, 0.25) is 10.0 Å². The maximum absolute atomic E-state index is 13.1. The third-order valence-electron chi connectivity index (χ3n) is 5.82. The summed E-state index contributed by atoms with van der Waals surface area (Å²) < 4.78 is 28.7. The van der Waals surface area contributed by atoms with Crippen molar-refractivity contribution in [2.75, 3.05) is 18.4 Å². The number of sulfonamides is 1. The van der Waals surface area contributed by atoms with Crippen molar-refractivity contribution < 1.29 is 13.2 Å². The molecule has 0 unspecified atom stereocenters. The minimum Gasteiger partial charge on any atom is -0.306 e. The maximum atomic E-state index is 13.1. The second kappa shape index (κ2) is 9.32. The number of rotatable bonds is 7. The zero-order chi connectivity index (χ0) is 23.8. The van der Waals surface area contributed by atoms with Crippen molar-refractivity contribution in [2.45, 2.75) is 44.1 Å². The second-order valence-electron chi connectivity index (χ2n) is 8.04. The first-order valence-corrected chi connectivity index (χ1v) is 13.5. The molecule has 2 heterocycles. The number of benzene rings is 2. The van der Waals surface area contributed by atoms with E-state index in [4.69, 9.17) is 5.10 Å². The summed E-state index contributed by atoms with van der Waals surface area (Å²) in [6.45, 7) is 8.48. The molecular formula is C24H28N4O3S2. The molecule has 174 valence electrons. The molecule has 1 aliphatic rings. The highest BCUT2D eigenvalue weighted by Crippen LogP contribution is 2.37. The van der Waals surface area contributed by atoms with Crippen molar-refractivity contribution in [3.63, 3.8) is 0 Å². The first kappa shape index (κ1) is 23.5. The van der Waals surface area contributed by atoms with Gasteiger partial charge in [-0.2, -0.15) is 21.2 Å². The molecule has 1 amide bonds. The van der Waals surface area contributed by atoms with Gasteiger partial charge in [-0.25, -0.2) is 13.1 Å². The molecule has 1 N–H and O–H groups in total. The van der Waals surface area contributed by atoms with Crippen LogP contribution < -0.4 is 5.32 Å². The van der Waals surface area contributed by atoms with E-state index in [0.29, 0.717) is 24.5 Å². The fourth-order valence-electron chi connectivity index (χ4n) is 4.03. The normalized spacial score (nSPS) is 13.4. The van der Waals surface area contributed by atoms with Crippen LogP contribution >= 0.6 is 11.8 Å². The summed E-state index contributed by atoms with van der Waals surface area (Å²) in [6.07, 6.45) is 0. The van der Waals surface area contributed by atoms with Crippen molar-refractivity contribution in [3.8, 4) is 5.69 Å². The van der Waals surface area contributed by atoms with Crippen LogP contribution in [-0.2, 0) is 21.5 Å². The number of fused-ring (bicyclic) bond motifs is 1. The Morgan fingerprint density at radius 1 is 1.09 bits per heavy atom. The van der Waals surface area contributed by atoms with E-state index in [9.17, 15) is 13.2 Å². The maximum Gasteiger partial charge on any atom is 0.256 e. The average Bonchev–Trinajstić information content (AvgIpc) is 3.37. The lowest BCUT2D eigenvalue weighted by atomic mass is 10.1. The van der Waals surface area contributed by atoms with Gasteiger partial charge in [-0.05, 0) is 49.7 Å². The molecule has 9 heteroatoms. The summed E-state index contributed by atoms with van der Waals surface area (Å²) in [4.78, 5) is 13.3. The average molecular weight is 485 g/mol. The molecule has 2 aromatic carbocycles. The van der Waals surface area contributed by atoms with Crippen LogP contribution in [0.2, 0.25) is 0 Å². The highest BCUT2D eigenvalue weighted by molar-refractivity contribution is 7.98. The Hall–Kier alpha value is -2.62. The predicted octanol–water partition coefficient (Wildman–Crippen LogP) is 4.52. The fourth-order valence-corrected chi connectivity index (χ4v) is 6.52. The van der Waals surface area contributed by atoms with Crippen molar-refractivity contribution in [1.82, 2.24) is 14.1 Å². The molecule has 0 aliphatic carbocycles. The standard InChI is InChI=1S/C24H28N4O3S2/c1-5-27(6-2)33(30,31)19-10-8-18(9-11-19)24(29)25-23-20-14-32-15-21(20)26-28(23)22-12-7-16(3)13-17(22)4/h7-13H,5-6,14-15H2,1-4H3,(H,25,29). The van der Waals surface area contributed by atoms with Gasteiger partial charge < -0.3 is 5.32 Å². The number of hydrogen-bond donors (Lipinski definition) is 1. The minimum atomic E-state index is -3.57. The monoisotopic (exact) mass is 484 g/mol. The van der Waals surface area contributed by atoms with E-state index in [1.807, 2.05) is 30.7 Å². The van der Waals surface area contributed by atoms with E-state index in [1.165, 1.54) is 16.4 Å². The topological polar surface area (TPSA) is 84.3 Å². The summed E-state index contributed by atoms with van der Waals surface area (Å²) in [5, 5.41) is 7.82. The summed E-state index contributed by atoms with van der Waals surface area (Å²) in [6, 6.07) is 12.2. The highest BCUT2D eigenvalue weighted by atomic mass is 32.2. The van der Waals surface area contributed by atoms with Crippen molar-refractivity contribution >= 4 is 33.5 Å². The predicted molar refractivity (Wildman–Crippen MR) is 133 cm³/mol. The third kappa shape index (κ3) is 4.45. The molecule has 7 nitrogen and oxygen atoms in total. The smallest absolute Gasteiger partial charge is 0.256 e. The molecule has 0 fully saturated rings. The Bertz CT molecular complexity index is 1290. The van der Waals surface area contributed by atoms with E-state index in [-0.39, 0.29) is 10.8 Å². The Morgan fingerprint density at radius 3 is 2.42 bits per heavy atom. The molecule has 0 saturated carbocycles. The number of aromatic nitrogens is 2. The van der Waals surface area contributed by atoms with Crippen LogP contribution in [-0.4, -0.2) is 41.5 Å². The van der Waals surface area contributed by atoms with Crippen LogP contribution in [0.3, 0.4) is 0 Å². The molecule has 0 radical (unpaired) electrons. The second-order valence-corrected chi connectivity index (χ2v) is 11.0. The number of aryl methyl sites for hydroxylation is 2. The van der Waals surface area contributed by atoms with Crippen LogP contribution in [0.5, 0.6) is 0 Å². The first-order chi connectivity index (χ1) is 15.8. The van der Waals surface area contributed by atoms with E-state index in [0.717, 1.165) is 39.6 Å². The number of hydrogen-bond acceptors (Lipinski definition) is 5. The molecular weight excluding hydrogens is 456 g/mol. The van der Waals surface area contributed by atoms with Gasteiger partial charge in [-0.1, -0.05) is 31.5 Å². The summed E-state index contributed by atoms with van der Waals surface area (Å²) in [5.74, 6) is 1.98. The van der Waals surface area contributed by atoms with E-state index in [2.05, 4.69) is 11.4 Å². The number of amides is 1. The quantitative estimate of drug-likeness (QED) is 0.533. The SMILES string of the molecule is CCN(CC)S(=O)(=O)c1ccc(C(=O)Nc2c3c(nn2-c2ccc(C)cc2C)CSC3)cc1. The van der Waals surface area contributed by atoms with E-state index < -0.39 is 10.0 Å². The van der Waals surface area contributed by atoms with Crippen molar-refractivity contribution in [3.05, 3.63) is 70.4 Å². The lowest BCUT2D eigenvalue weighted by Crippen LogP contribution is -2.30. The number of nitrogens with zero attached hydrogens (tertiary/aromatic N) is 3. The number of thioether (sulfide) groups is 1. The van der Waals surface area contributed by atoms with Crippen LogP contribution in [0.25, 0.3) is 5.69 Å². The molecule has 4 rings (SSSR count). The zero-order valence-electron chi connectivity index (χ0n) is 19.3. The summed E-state index contributed by atoms with van der Waals surface area (Å²) >= 11 is 1.77. The molecule has 0 bridgehead atoms. The molecule has 0 spiro atoms. The summed E-state index contributed by atoms with van der Waals surface area (Å²) in [5.41, 5.74) is 5.57. The van der Waals surface area contributed by atoms with E-state index >= 15 is 0 Å². The Kier molecular flexibility index (Phi) is 6.65. The minimum absolute atomic E-state index is 0.181. The number of carbonyl (C=O) groups is 1. The van der Waals surface area contributed by atoms with Crippen LogP contribution in [0.1, 0.15) is 46.6 Å². The molecule has 0 atom stereocenters. The number of nitrogens with one attached hydrogen (secondary N) is 1.